The number of amides is 2. The van der Waals surface area contributed by atoms with Gasteiger partial charge in [0.15, 0.2) is 0 Å². The smallest absolute Gasteiger partial charge is 0.246 e. The third-order valence-electron chi connectivity index (χ3n) is 4.50. The summed E-state index contributed by atoms with van der Waals surface area (Å²) in [6.07, 6.45) is 4.85. The molecule has 2 aliphatic rings. The summed E-state index contributed by atoms with van der Waals surface area (Å²) in [7, 11) is 0. The summed E-state index contributed by atoms with van der Waals surface area (Å²) >= 11 is 0. The fourth-order valence-electron chi connectivity index (χ4n) is 3.45. The SMILES string of the molecule is CCCC1CC1N1C(=O)C(CC(C)C)NC(=O)C1CC. The summed E-state index contributed by atoms with van der Waals surface area (Å²) in [5.41, 5.74) is 0. The van der Waals surface area contributed by atoms with Crippen molar-refractivity contribution in [3.8, 4) is 0 Å². The van der Waals surface area contributed by atoms with Crippen LogP contribution in [-0.4, -0.2) is 34.8 Å². The number of hydrogen-bond acceptors (Lipinski definition) is 2. The maximum Gasteiger partial charge on any atom is 0.246 e. The number of rotatable bonds is 6. The van der Waals surface area contributed by atoms with E-state index in [0.717, 1.165) is 19.3 Å². The highest BCUT2D eigenvalue weighted by atomic mass is 16.2. The molecule has 1 N–H and O–H groups in total. The van der Waals surface area contributed by atoms with E-state index in [0.29, 0.717) is 24.3 Å². The van der Waals surface area contributed by atoms with Gasteiger partial charge in [0, 0.05) is 6.04 Å². The molecule has 114 valence electrons. The van der Waals surface area contributed by atoms with Crippen LogP contribution in [0, 0.1) is 11.8 Å². The zero-order valence-electron chi connectivity index (χ0n) is 13.2. The molecule has 1 saturated heterocycles. The molecule has 2 rings (SSSR count). The van der Waals surface area contributed by atoms with Crippen molar-refractivity contribution in [3.63, 3.8) is 0 Å². The van der Waals surface area contributed by atoms with Crippen molar-refractivity contribution in [2.24, 2.45) is 11.8 Å². The van der Waals surface area contributed by atoms with Gasteiger partial charge < -0.3 is 10.2 Å². The molecular formula is C16H28N2O2. The molecule has 1 heterocycles. The Hall–Kier alpha value is -1.06. The maximum absolute atomic E-state index is 12.7. The highest BCUT2D eigenvalue weighted by Gasteiger charge is 2.50. The quantitative estimate of drug-likeness (QED) is 0.812. The third-order valence-corrected chi connectivity index (χ3v) is 4.50. The average molecular weight is 280 g/mol. The van der Waals surface area contributed by atoms with Crippen molar-refractivity contribution in [1.29, 1.82) is 0 Å². The van der Waals surface area contributed by atoms with Gasteiger partial charge in [-0.1, -0.05) is 34.1 Å². The number of nitrogens with one attached hydrogen (secondary N) is 1. The number of carbonyl (C=O) groups is 2. The lowest BCUT2D eigenvalue weighted by atomic mass is 9.97. The topological polar surface area (TPSA) is 49.4 Å². The summed E-state index contributed by atoms with van der Waals surface area (Å²) < 4.78 is 0. The first-order valence-corrected chi connectivity index (χ1v) is 8.12. The van der Waals surface area contributed by atoms with Crippen LogP contribution in [0.15, 0.2) is 0 Å². The Kier molecular flexibility index (Phi) is 4.71. The lowest BCUT2D eigenvalue weighted by Gasteiger charge is -2.39. The van der Waals surface area contributed by atoms with Gasteiger partial charge in [0.1, 0.15) is 12.1 Å². The van der Waals surface area contributed by atoms with Crippen LogP contribution in [0.3, 0.4) is 0 Å². The number of carbonyl (C=O) groups excluding carboxylic acids is 2. The normalized spacial score (nSPS) is 33.5. The fraction of sp³-hybridized carbons (Fsp3) is 0.875. The highest BCUT2D eigenvalue weighted by molar-refractivity contribution is 5.97. The lowest BCUT2D eigenvalue weighted by molar-refractivity contribution is -0.150. The van der Waals surface area contributed by atoms with Gasteiger partial charge in [0.05, 0.1) is 0 Å². The van der Waals surface area contributed by atoms with E-state index in [-0.39, 0.29) is 23.9 Å². The van der Waals surface area contributed by atoms with E-state index in [1.54, 1.807) is 0 Å². The van der Waals surface area contributed by atoms with E-state index >= 15 is 0 Å². The monoisotopic (exact) mass is 280 g/mol. The predicted molar refractivity (Wildman–Crippen MR) is 79.1 cm³/mol. The molecule has 0 aromatic rings. The first kappa shape index (κ1) is 15.3. The molecular weight excluding hydrogens is 252 g/mol. The largest absolute Gasteiger partial charge is 0.342 e. The van der Waals surface area contributed by atoms with Crippen molar-refractivity contribution in [2.45, 2.75) is 77.9 Å². The molecule has 1 aliphatic carbocycles. The Bertz CT molecular complexity index is 381. The predicted octanol–water partition coefficient (Wildman–Crippen LogP) is 2.33. The van der Waals surface area contributed by atoms with Crippen LogP contribution in [0.1, 0.15) is 59.8 Å². The van der Waals surface area contributed by atoms with E-state index in [1.165, 1.54) is 6.42 Å². The molecule has 1 saturated carbocycles. The van der Waals surface area contributed by atoms with Gasteiger partial charge in [-0.2, -0.15) is 0 Å². The molecule has 4 heteroatoms. The van der Waals surface area contributed by atoms with E-state index < -0.39 is 0 Å². The minimum atomic E-state index is -0.312. The number of piperazine rings is 1. The molecule has 0 aromatic carbocycles. The van der Waals surface area contributed by atoms with Crippen LogP contribution in [0.2, 0.25) is 0 Å². The molecule has 20 heavy (non-hydrogen) atoms. The van der Waals surface area contributed by atoms with Gasteiger partial charge in [-0.15, -0.1) is 0 Å². The summed E-state index contributed by atoms with van der Waals surface area (Å²) in [5, 5.41) is 2.93. The maximum atomic E-state index is 12.7. The Morgan fingerprint density at radius 2 is 2.00 bits per heavy atom. The number of nitrogens with zero attached hydrogens (tertiary/aromatic N) is 1. The van der Waals surface area contributed by atoms with E-state index in [4.69, 9.17) is 0 Å². The molecule has 4 atom stereocenters. The molecule has 0 bridgehead atoms. The minimum Gasteiger partial charge on any atom is -0.342 e. The minimum absolute atomic E-state index is 0.0416. The van der Waals surface area contributed by atoms with Crippen molar-refractivity contribution in [3.05, 3.63) is 0 Å². The standard InChI is InChI=1S/C16H28N2O2/c1-5-7-11-9-14(11)18-13(6-2)15(19)17-12(16(18)20)8-10(3)4/h10-14H,5-9H2,1-4H3,(H,17,19). The van der Waals surface area contributed by atoms with Crippen LogP contribution in [0.25, 0.3) is 0 Å². The average Bonchev–Trinajstić information content (AvgIpc) is 3.11. The summed E-state index contributed by atoms with van der Waals surface area (Å²) in [4.78, 5) is 26.9. The second kappa shape index (κ2) is 6.15. The molecule has 0 aromatic heterocycles. The van der Waals surface area contributed by atoms with Gasteiger partial charge >= 0.3 is 0 Å². The van der Waals surface area contributed by atoms with Crippen molar-refractivity contribution >= 4 is 11.8 Å². The molecule has 0 radical (unpaired) electrons. The molecule has 2 fully saturated rings. The van der Waals surface area contributed by atoms with Crippen LogP contribution in [-0.2, 0) is 9.59 Å². The van der Waals surface area contributed by atoms with Crippen molar-refractivity contribution in [2.75, 3.05) is 0 Å². The second-order valence-corrected chi connectivity index (χ2v) is 6.71. The van der Waals surface area contributed by atoms with Crippen LogP contribution < -0.4 is 5.32 Å². The molecule has 2 amide bonds. The first-order chi connectivity index (χ1) is 9.49. The van der Waals surface area contributed by atoms with Crippen LogP contribution >= 0.6 is 0 Å². The first-order valence-electron chi connectivity index (χ1n) is 8.12. The van der Waals surface area contributed by atoms with Gasteiger partial charge in [0.2, 0.25) is 11.8 Å². The molecule has 0 spiro atoms. The highest BCUT2D eigenvalue weighted by Crippen LogP contribution is 2.42. The van der Waals surface area contributed by atoms with Gasteiger partial charge in [-0.3, -0.25) is 9.59 Å². The Balaban J connectivity index is 2.12. The van der Waals surface area contributed by atoms with Crippen molar-refractivity contribution < 1.29 is 9.59 Å². The van der Waals surface area contributed by atoms with E-state index in [1.807, 2.05) is 11.8 Å². The Labute approximate surface area is 122 Å². The zero-order chi connectivity index (χ0) is 14.9. The van der Waals surface area contributed by atoms with Crippen LogP contribution in [0.5, 0.6) is 0 Å². The lowest BCUT2D eigenvalue weighted by Crippen LogP contribution is -2.64. The van der Waals surface area contributed by atoms with Gasteiger partial charge in [-0.05, 0) is 37.5 Å². The van der Waals surface area contributed by atoms with Gasteiger partial charge in [0.25, 0.3) is 0 Å². The van der Waals surface area contributed by atoms with Crippen LogP contribution in [0.4, 0.5) is 0 Å². The Morgan fingerprint density at radius 3 is 2.55 bits per heavy atom. The second-order valence-electron chi connectivity index (χ2n) is 6.71. The van der Waals surface area contributed by atoms with Crippen molar-refractivity contribution in [1.82, 2.24) is 10.2 Å². The van der Waals surface area contributed by atoms with Gasteiger partial charge in [-0.25, -0.2) is 0 Å². The molecule has 4 unspecified atom stereocenters. The summed E-state index contributed by atoms with van der Waals surface area (Å²) in [6, 6.07) is -0.251. The Morgan fingerprint density at radius 1 is 1.30 bits per heavy atom. The zero-order valence-corrected chi connectivity index (χ0v) is 13.2. The molecule has 1 aliphatic heterocycles. The van der Waals surface area contributed by atoms with E-state index in [2.05, 4.69) is 26.1 Å². The third kappa shape index (κ3) is 2.99. The summed E-state index contributed by atoms with van der Waals surface area (Å²) in [5.74, 6) is 1.21. The van der Waals surface area contributed by atoms with E-state index in [9.17, 15) is 9.59 Å². The summed E-state index contributed by atoms with van der Waals surface area (Å²) in [6.45, 7) is 8.35. The number of hydrogen-bond donors (Lipinski definition) is 1. The molecule has 4 nitrogen and oxygen atoms in total. The fourth-order valence-corrected chi connectivity index (χ4v) is 3.45.